The zero-order valence-electron chi connectivity index (χ0n) is 9.57. The van der Waals surface area contributed by atoms with E-state index in [4.69, 9.17) is 0 Å². The highest BCUT2D eigenvalue weighted by atomic mass is 16.1. The molecule has 1 fully saturated rings. The van der Waals surface area contributed by atoms with Crippen molar-refractivity contribution in [1.29, 1.82) is 0 Å². The van der Waals surface area contributed by atoms with E-state index in [1.807, 2.05) is 12.5 Å². The first-order valence-corrected chi connectivity index (χ1v) is 5.78. The van der Waals surface area contributed by atoms with E-state index in [0.29, 0.717) is 12.5 Å². The zero-order valence-corrected chi connectivity index (χ0v) is 9.57. The largest absolute Gasteiger partial charge is 0.355 e. The molecule has 1 atom stereocenters. The molecule has 1 aromatic rings. The zero-order chi connectivity index (χ0) is 11.4. The van der Waals surface area contributed by atoms with Gasteiger partial charge >= 0.3 is 0 Å². The van der Waals surface area contributed by atoms with E-state index in [1.54, 1.807) is 0 Å². The summed E-state index contributed by atoms with van der Waals surface area (Å²) in [5.74, 6) is 0.164. The van der Waals surface area contributed by atoms with Crippen LogP contribution in [-0.4, -0.2) is 28.0 Å². The van der Waals surface area contributed by atoms with Crippen molar-refractivity contribution in [2.75, 3.05) is 6.54 Å². The van der Waals surface area contributed by atoms with Gasteiger partial charge in [0.2, 0.25) is 5.91 Å². The molecule has 1 aromatic heterocycles. The van der Waals surface area contributed by atoms with Crippen LogP contribution in [0.3, 0.4) is 0 Å². The summed E-state index contributed by atoms with van der Waals surface area (Å²) in [6.07, 6.45) is 5.29. The fraction of sp³-hybridized carbons (Fsp3) is 0.636. The number of rotatable bonds is 4. The van der Waals surface area contributed by atoms with Gasteiger partial charge in [-0.25, -0.2) is 4.98 Å². The van der Waals surface area contributed by atoms with E-state index in [-0.39, 0.29) is 5.91 Å². The van der Waals surface area contributed by atoms with Gasteiger partial charge in [-0.1, -0.05) is 0 Å². The Labute approximate surface area is 95.2 Å². The van der Waals surface area contributed by atoms with E-state index in [2.05, 4.69) is 27.1 Å². The summed E-state index contributed by atoms with van der Waals surface area (Å²) in [6.45, 7) is 4.60. The molecule has 0 aliphatic carbocycles. The fourth-order valence-electron chi connectivity index (χ4n) is 1.94. The van der Waals surface area contributed by atoms with Crippen LogP contribution in [0.15, 0.2) is 12.5 Å². The highest BCUT2D eigenvalue weighted by Gasteiger charge is 2.17. The summed E-state index contributed by atoms with van der Waals surface area (Å²) in [5, 5.41) is 6.31. The van der Waals surface area contributed by atoms with Crippen molar-refractivity contribution in [3.05, 3.63) is 18.2 Å². The van der Waals surface area contributed by atoms with Crippen molar-refractivity contribution >= 4 is 5.91 Å². The number of aromatic nitrogens is 2. The van der Waals surface area contributed by atoms with Crippen molar-refractivity contribution in [3.8, 4) is 0 Å². The first-order chi connectivity index (χ1) is 7.79. The Kier molecular flexibility index (Phi) is 3.56. The maximum atomic E-state index is 11.0. The molecular weight excluding hydrogens is 204 g/mol. The lowest BCUT2D eigenvalue weighted by molar-refractivity contribution is -0.122. The average Bonchev–Trinajstić information content (AvgIpc) is 2.76. The first-order valence-electron chi connectivity index (χ1n) is 5.78. The third-order valence-corrected chi connectivity index (χ3v) is 2.98. The van der Waals surface area contributed by atoms with Gasteiger partial charge in [-0.15, -0.1) is 0 Å². The third kappa shape index (κ3) is 2.61. The van der Waals surface area contributed by atoms with E-state index < -0.39 is 0 Å². The number of carbonyl (C=O) groups excluding carboxylic acids is 1. The van der Waals surface area contributed by atoms with Crippen molar-refractivity contribution < 1.29 is 4.79 Å². The SMILES string of the molecule is CCn1cncc1CNC1CCC(=O)NC1. The summed E-state index contributed by atoms with van der Waals surface area (Å²) in [5.41, 5.74) is 1.19. The van der Waals surface area contributed by atoms with Gasteiger partial charge in [-0.05, 0) is 13.3 Å². The van der Waals surface area contributed by atoms with Gasteiger partial charge < -0.3 is 15.2 Å². The van der Waals surface area contributed by atoms with E-state index in [1.165, 1.54) is 5.69 Å². The molecule has 2 rings (SSSR count). The number of hydrogen-bond donors (Lipinski definition) is 2. The number of imidazole rings is 1. The van der Waals surface area contributed by atoms with Crippen LogP contribution < -0.4 is 10.6 Å². The van der Waals surface area contributed by atoms with Crippen LogP contribution >= 0.6 is 0 Å². The van der Waals surface area contributed by atoms with Crippen molar-refractivity contribution in [2.45, 2.75) is 38.9 Å². The molecule has 2 heterocycles. The summed E-state index contributed by atoms with van der Waals surface area (Å²) >= 11 is 0. The number of aryl methyl sites for hydroxylation is 1. The Bertz CT molecular complexity index is 351. The Morgan fingerprint density at radius 1 is 1.69 bits per heavy atom. The van der Waals surface area contributed by atoms with Gasteiger partial charge in [0.05, 0.1) is 12.0 Å². The predicted molar refractivity (Wildman–Crippen MR) is 60.8 cm³/mol. The second-order valence-electron chi connectivity index (χ2n) is 4.09. The summed E-state index contributed by atoms with van der Waals surface area (Å²) < 4.78 is 2.12. The van der Waals surface area contributed by atoms with Gasteiger partial charge in [0.25, 0.3) is 0 Å². The topological polar surface area (TPSA) is 59.0 Å². The lowest BCUT2D eigenvalue weighted by Gasteiger charge is -2.23. The maximum absolute atomic E-state index is 11.0. The van der Waals surface area contributed by atoms with E-state index in [0.717, 1.165) is 26.1 Å². The molecule has 1 aliphatic heterocycles. The quantitative estimate of drug-likeness (QED) is 0.769. The van der Waals surface area contributed by atoms with Crippen LogP contribution in [0.5, 0.6) is 0 Å². The first kappa shape index (κ1) is 11.1. The van der Waals surface area contributed by atoms with Crippen LogP contribution in [0, 0.1) is 0 Å². The lowest BCUT2D eigenvalue weighted by atomic mass is 10.1. The Morgan fingerprint density at radius 3 is 3.25 bits per heavy atom. The second-order valence-corrected chi connectivity index (χ2v) is 4.09. The molecular formula is C11H18N4O. The number of carbonyl (C=O) groups is 1. The summed E-state index contributed by atoms with van der Waals surface area (Å²) in [4.78, 5) is 15.1. The van der Waals surface area contributed by atoms with Crippen molar-refractivity contribution in [1.82, 2.24) is 20.2 Å². The minimum absolute atomic E-state index is 0.164. The van der Waals surface area contributed by atoms with E-state index >= 15 is 0 Å². The van der Waals surface area contributed by atoms with Gasteiger partial charge in [-0.2, -0.15) is 0 Å². The Balaban J connectivity index is 1.81. The molecule has 0 bridgehead atoms. The smallest absolute Gasteiger partial charge is 0.220 e. The fourth-order valence-corrected chi connectivity index (χ4v) is 1.94. The summed E-state index contributed by atoms with van der Waals surface area (Å²) in [6, 6.07) is 0.387. The van der Waals surface area contributed by atoms with Gasteiger partial charge in [-0.3, -0.25) is 4.79 Å². The van der Waals surface area contributed by atoms with Crippen LogP contribution in [0.2, 0.25) is 0 Å². The summed E-state index contributed by atoms with van der Waals surface area (Å²) in [7, 11) is 0. The molecule has 2 N–H and O–H groups in total. The molecule has 0 radical (unpaired) electrons. The number of hydrogen-bond acceptors (Lipinski definition) is 3. The maximum Gasteiger partial charge on any atom is 0.220 e. The van der Waals surface area contributed by atoms with Gasteiger partial charge in [0.1, 0.15) is 0 Å². The average molecular weight is 222 g/mol. The standard InChI is InChI=1S/C11H18N4O/c1-2-15-8-12-6-10(15)7-13-9-3-4-11(16)14-5-9/h6,8-9,13H,2-5,7H2,1H3,(H,14,16). The number of piperidine rings is 1. The number of amides is 1. The third-order valence-electron chi connectivity index (χ3n) is 2.98. The Hall–Kier alpha value is -1.36. The molecule has 5 nitrogen and oxygen atoms in total. The van der Waals surface area contributed by atoms with Crippen molar-refractivity contribution in [2.24, 2.45) is 0 Å². The number of nitrogens with zero attached hydrogens (tertiary/aromatic N) is 2. The molecule has 88 valence electrons. The second kappa shape index (κ2) is 5.12. The van der Waals surface area contributed by atoms with Crippen LogP contribution in [0.25, 0.3) is 0 Å². The minimum atomic E-state index is 0.164. The highest BCUT2D eigenvalue weighted by molar-refractivity contribution is 5.76. The molecule has 1 amide bonds. The predicted octanol–water partition coefficient (Wildman–Crippen LogP) is 0.271. The van der Waals surface area contributed by atoms with Crippen LogP contribution in [-0.2, 0) is 17.9 Å². The molecule has 0 aromatic carbocycles. The van der Waals surface area contributed by atoms with Crippen LogP contribution in [0.1, 0.15) is 25.5 Å². The highest BCUT2D eigenvalue weighted by Crippen LogP contribution is 2.05. The van der Waals surface area contributed by atoms with Crippen molar-refractivity contribution in [3.63, 3.8) is 0 Å². The molecule has 1 aliphatic rings. The van der Waals surface area contributed by atoms with Crippen LogP contribution in [0.4, 0.5) is 0 Å². The Morgan fingerprint density at radius 2 is 2.56 bits per heavy atom. The molecule has 16 heavy (non-hydrogen) atoms. The minimum Gasteiger partial charge on any atom is -0.355 e. The molecule has 1 unspecified atom stereocenters. The monoisotopic (exact) mass is 222 g/mol. The van der Waals surface area contributed by atoms with Gasteiger partial charge in [0, 0.05) is 38.3 Å². The molecule has 1 saturated heterocycles. The molecule has 0 spiro atoms. The lowest BCUT2D eigenvalue weighted by Crippen LogP contribution is -2.45. The molecule has 5 heteroatoms. The molecule has 0 saturated carbocycles. The van der Waals surface area contributed by atoms with Gasteiger partial charge in [0.15, 0.2) is 0 Å². The van der Waals surface area contributed by atoms with E-state index in [9.17, 15) is 4.79 Å². The number of nitrogens with one attached hydrogen (secondary N) is 2. The normalized spacial score (nSPS) is 20.8.